The van der Waals surface area contributed by atoms with E-state index in [1.807, 2.05) is 26.8 Å². The molecule has 2 aliphatic rings. The van der Waals surface area contributed by atoms with Gasteiger partial charge in [-0.05, 0) is 78.1 Å². The molecule has 210 valence electrons. The van der Waals surface area contributed by atoms with Crippen LogP contribution in [0.2, 0.25) is 0 Å². The zero-order valence-electron chi connectivity index (χ0n) is 23.1. The predicted octanol–water partition coefficient (Wildman–Crippen LogP) is 4.10. The number of rotatable bonds is 11. The molecular formula is C27H44NO8P. The molecule has 7 atom stereocenters. The Balaban J connectivity index is 2.37. The van der Waals surface area contributed by atoms with Gasteiger partial charge >= 0.3 is 7.60 Å². The monoisotopic (exact) mass is 541 g/mol. The summed E-state index contributed by atoms with van der Waals surface area (Å²) in [7, 11) is -0.941. The molecular weight excluding hydrogens is 497 g/mol. The fraction of sp³-hybridized carbons (Fsp3) is 0.704. The molecule has 0 bridgehead atoms. The topological polar surface area (TPSA) is 118 Å². The Labute approximate surface area is 220 Å². The maximum absolute atomic E-state index is 14.6. The molecule has 0 aromatic heterocycles. The van der Waals surface area contributed by atoms with E-state index in [4.69, 9.17) is 18.5 Å². The van der Waals surface area contributed by atoms with Gasteiger partial charge in [0, 0.05) is 18.7 Å². The summed E-state index contributed by atoms with van der Waals surface area (Å²) in [5.41, 5.74) is -1.26. The zero-order valence-corrected chi connectivity index (χ0v) is 24.0. The van der Waals surface area contributed by atoms with Gasteiger partial charge in [-0.1, -0.05) is 11.6 Å². The highest BCUT2D eigenvalue weighted by Crippen LogP contribution is 2.69. The van der Waals surface area contributed by atoms with E-state index >= 15 is 0 Å². The third kappa shape index (κ3) is 5.24. The Morgan fingerprint density at radius 2 is 1.78 bits per heavy atom. The first-order chi connectivity index (χ1) is 17.4. The Kier molecular flexibility index (Phi) is 9.55. The molecule has 0 amide bonds. The van der Waals surface area contributed by atoms with Gasteiger partial charge in [-0.2, -0.15) is 0 Å². The van der Waals surface area contributed by atoms with Gasteiger partial charge in [-0.3, -0.25) is 4.57 Å². The highest BCUT2D eigenvalue weighted by Gasteiger charge is 2.75. The van der Waals surface area contributed by atoms with Gasteiger partial charge in [-0.25, -0.2) is 0 Å². The average Bonchev–Trinajstić information content (AvgIpc) is 3.08. The second kappa shape index (κ2) is 11.7. The van der Waals surface area contributed by atoms with Gasteiger partial charge < -0.3 is 38.7 Å². The van der Waals surface area contributed by atoms with Crippen molar-refractivity contribution in [3.8, 4) is 5.75 Å². The van der Waals surface area contributed by atoms with Gasteiger partial charge in [0.2, 0.25) is 0 Å². The quantitative estimate of drug-likeness (QED) is 0.281. The van der Waals surface area contributed by atoms with E-state index in [0.29, 0.717) is 11.4 Å². The number of hydrogen-bond donors (Lipinski definition) is 3. The lowest BCUT2D eigenvalue weighted by Crippen LogP contribution is -2.63. The SMILES string of the molecule is CCOP(=O)(OCC)[C@@H]1N(c2ccc(OC)cc2)[C@](C)([C@H](O)CC=C(C)C)[C@H]2[C@H](OC)[C@H](O)CC[C@]12O. The van der Waals surface area contributed by atoms with Crippen molar-refractivity contribution in [1.29, 1.82) is 0 Å². The second-order valence-corrected chi connectivity index (χ2v) is 12.4. The number of benzene rings is 1. The Morgan fingerprint density at radius 1 is 1.19 bits per heavy atom. The lowest BCUT2D eigenvalue weighted by molar-refractivity contribution is -0.167. The molecule has 3 rings (SSSR count). The van der Waals surface area contributed by atoms with Crippen molar-refractivity contribution in [3.63, 3.8) is 0 Å². The fourth-order valence-electron chi connectivity index (χ4n) is 6.33. The third-order valence-corrected chi connectivity index (χ3v) is 10.4. The van der Waals surface area contributed by atoms with Crippen molar-refractivity contribution in [3.05, 3.63) is 35.9 Å². The van der Waals surface area contributed by atoms with E-state index in [2.05, 4.69) is 0 Å². The molecule has 37 heavy (non-hydrogen) atoms. The molecule has 1 saturated heterocycles. The summed E-state index contributed by atoms with van der Waals surface area (Å²) in [6.07, 6.45) is -0.147. The number of aliphatic hydroxyl groups is 3. The Hall–Kier alpha value is -1.45. The number of nitrogens with zero attached hydrogens (tertiary/aromatic N) is 1. The van der Waals surface area contributed by atoms with E-state index in [1.165, 1.54) is 7.11 Å². The van der Waals surface area contributed by atoms with Crippen LogP contribution in [0.25, 0.3) is 0 Å². The van der Waals surface area contributed by atoms with Gasteiger partial charge in [0.25, 0.3) is 0 Å². The summed E-state index contributed by atoms with van der Waals surface area (Å²) in [5.74, 6) is -1.35. The number of hydrogen-bond acceptors (Lipinski definition) is 9. The van der Waals surface area contributed by atoms with Crippen LogP contribution in [-0.4, -0.2) is 78.0 Å². The van der Waals surface area contributed by atoms with Crippen LogP contribution in [0.15, 0.2) is 35.9 Å². The maximum Gasteiger partial charge on any atom is 0.355 e. The van der Waals surface area contributed by atoms with Crippen LogP contribution in [0.5, 0.6) is 5.75 Å². The first-order valence-electron chi connectivity index (χ1n) is 13.0. The number of fused-ring (bicyclic) bond motifs is 1. The highest BCUT2D eigenvalue weighted by molar-refractivity contribution is 7.55. The predicted molar refractivity (Wildman–Crippen MR) is 143 cm³/mol. The van der Waals surface area contributed by atoms with Crippen molar-refractivity contribution in [2.24, 2.45) is 5.92 Å². The van der Waals surface area contributed by atoms with E-state index in [0.717, 1.165) is 5.57 Å². The highest BCUT2D eigenvalue weighted by atomic mass is 31.2. The second-order valence-electron chi connectivity index (χ2n) is 10.4. The number of ether oxygens (including phenoxy) is 2. The summed E-state index contributed by atoms with van der Waals surface area (Å²) in [4.78, 5) is 1.80. The lowest BCUT2D eigenvalue weighted by Gasteiger charge is -2.49. The average molecular weight is 542 g/mol. The van der Waals surface area contributed by atoms with Crippen molar-refractivity contribution in [2.75, 3.05) is 32.3 Å². The summed E-state index contributed by atoms with van der Waals surface area (Å²) in [6.45, 7) is 9.41. The molecule has 1 aliphatic heterocycles. The van der Waals surface area contributed by atoms with Gasteiger partial charge in [0.1, 0.15) is 11.4 Å². The normalized spacial score (nSPS) is 32.6. The molecule has 1 saturated carbocycles. The molecule has 9 nitrogen and oxygen atoms in total. The summed E-state index contributed by atoms with van der Waals surface area (Å²) < 4.78 is 37.4. The minimum absolute atomic E-state index is 0.109. The molecule has 1 heterocycles. The van der Waals surface area contributed by atoms with E-state index in [1.54, 1.807) is 50.1 Å². The van der Waals surface area contributed by atoms with Crippen LogP contribution < -0.4 is 9.64 Å². The van der Waals surface area contributed by atoms with Crippen LogP contribution in [0.3, 0.4) is 0 Å². The molecule has 3 N–H and O–H groups in total. The molecule has 1 aromatic rings. The smallest absolute Gasteiger partial charge is 0.355 e. The van der Waals surface area contributed by atoms with Crippen LogP contribution >= 0.6 is 7.60 Å². The molecule has 10 heteroatoms. The largest absolute Gasteiger partial charge is 0.497 e. The van der Waals surface area contributed by atoms with Crippen molar-refractivity contribution in [1.82, 2.24) is 0 Å². The van der Waals surface area contributed by atoms with Crippen LogP contribution in [-0.2, 0) is 18.3 Å². The Bertz CT molecular complexity index is 973. The summed E-state index contributed by atoms with van der Waals surface area (Å²) in [6, 6.07) is 7.16. The van der Waals surface area contributed by atoms with Crippen molar-refractivity contribution >= 4 is 13.3 Å². The summed E-state index contributed by atoms with van der Waals surface area (Å²) in [5, 5.41) is 35.4. The minimum atomic E-state index is -4.00. The number of methoxy groups -OCH3 is 2. The molecule has 0 radical (unpaired) electrons. The van der Waals surface area contributed by atoms with E-state index < -0.39 is 48.7 Å². The van der Waals surface area contributed by atoms with Gasteiger partial charge in [0.15, 0.2) is 5.78 Å². The zero-order chi connectivity index (χ0) is 27.6. The number of aliphatic hydroxyl groups excluding tert-OH is 2. The van der Waals surface area contributed by atoms with Crippen LogP contribution in [0, 0.1) is 5.92 Å². The molecule has 1 aromatic carbocycles. The van der Waals surface area contributed by atoms with Crippen molar-refractivity contribution < 1.29 is 38.4 Å². The molecule has 0 unspecified atom stereocenters. The first kappa shape index (κ1) is 30.1. The first-order valence-corrected chi connectivity index (χ1v) is 14.6. The standard InChI is InChI=1S/C27H44NO8P/c1-8-35-37(32,36-9-2)25-27(31)17-16-21(29)23(34-7)24(27)26(5,22(30)15-10-18(3)4)28(25)19-11-13-20(33-6)14-12-19/h10-14,21-25,29-31H,8-9,15-17H2,1-7H3/t21-,22-,23-,24-,25+,26-,27-/m1/s1. The van der Waals surface area contributed by atoms with Crippen LogP contribution in [0.4, 0.5) is 5.69 Å². The number of anilines is 1. The molecule has 0 spiro atoms. The van der Waals surface area contributed by atoms with Gasteiger partial charge in [-0.15, -0.1) is 0 Å². The minimum Gasteiger partial charge on any atom is -0.497 e. The Morgan fingerprint density at radius 3 is 2.27 bits per heavy atom. The molecule has 2 fully saturated rings. The van der Waals surface area contributed by atoms with Crippen molar-refractivity contribution in [2.45, 2.75) is 89.1 Å². The third-order valence-electron chi connectivity index (χ3n) is 7.89. The number of allylic oxidation sites excluding steroid dienone is 1. The maximum atomic E-state index is 14.6. The van der Waals surface area contributed by atoms with Gasteiger partial charge in [0.05, 0.1) is 44.2 Å². The molecule has 1 aliphatic carbocycles. The van der Waals surface area contributed by atoms with E-state index in [-0.39, 0.29) is 32.5 Å². The summed E-state index contributed by atoms with van der Waals surface area (Å²) >= 11 is 0. The van der Waals surface area contributed by atoms with E-state index in [9.17, 15) is 19.9 Å². The lowest BCUT2D eigenvalue weighted by atomic mass is 9.65. The fourth-order valence-corrected chi connectivity index (χ4v) is 8.91. The van der Waals surface area contributed by atoms with Crippen LogP contribution in [0.1, 0.15) is 53.9 Å².